The topological polar surface area (TPSA) is 57.1 Å². The molecule has 0 bridgehead atoms. The molecule has 0 saturated heterocycles. The monoisotopic (exact) mass is 230 g/mol. The first kappa shape index (κ1) is 12.3. The van der Waals surface area contributed by atoms with Crippen LogP contribution in [0.2, 0.25) is 5.02 Å². The van der Waals surface area contributed by atoms with Gasteiger partial charge in [-0.05, 0) is 37.1 Å². The maximum atomic E-state index is 9.30. The van der Waals surface area contributed by atoms with E-state index in [0.717, 1.165) is 21.9 Å². The van der Waals surface area contributed by atoms with Crippen molar-refractivity contribution in [1.82, 2.24) is 0 Å². The number of quaternary nitrogens is 1. The van der Waals surface area contributed by atoms with Crippen LogP contribution in [0.4, 0.5) is 0 Å². The third-order valence-electron chi connectivity index (χ3n) is 2.19. The van der Waals surface area contributed by atoms with E-state index in [-0.39, 0.29) is 6.61 Å². The van der Waals surface area contributed by atoms with Gasteiger partial charge in [-0.1, -0.05) is 11.6 Å². The molecule has 0 saturated carbocycles. The molecule has 0 aromatic heterocycles. The fourth-order valence-corrected chi connectivity index (χ4v) is 1.37. The van der Waals surface area contributed by atoms with Crippen LogP contribution in [0, 0.1) is 13.8 Å². The van der Waals surface area contributed by atoms with Crippen LogP contribution >= 0.6 is 11.6 Å². The average molecular weight is 231 g/mol. The molecular weight excluding hydrogens is 214 g/mol. The highest BCUT2D eigenvalue weighted by Gasteiger charge is 2.07. The van der Waals surface area contributed by atoms with Crippen molar-refractivity contribution >= 4 is 11.6 Å². The van der Waals surface area contributed by atoms with Crippen LogP contribution in [0.3, 0.4) is 0 Å². The van der Waals surface area contributed by atoms with Crippen molar-refractivity contribution in [3.63, 3.8) is 0 Å². The molecule has 0 aliphatic rings. The summed E-state index contributed by atoms with van der Waals surface area (Å²) in [4.78, 5) is 0. The summed E-state index contributed by atoms with van der Waals surface area (Å²) in [5, 5.41) is 10.1. The van der Waals surface area contributed by atoms with Crippen LogP contribution in [0.1, 0.15) is 11.1 Å². The summed E-state index contributed by atoms with van der Waals surface area (Å²) in [6.07, 6.45) is -0.513. The SMILES string of the molecule is Cc1cc(OC[C@H](O)C[NH3+])cc(C)c1Cl. The third kappa shape index (κ3) is 3.38. The average Bonchev–Trinajstić information content (AvgIpc) is 2.22. The van der Waals surface area contributed by atoms with Crippen molar-refractivity contribution in [2.24, 2.45) is 0 Å². The minimum atomic E-state index is -0.513. The summed E-state index contributed by atoms with van der Waals surface area (Å²) < 4.78 is 5.43. The number of hydrogen-bond acceptors (Lipinski definition) is 2. The summed E-state index contributed by atoms with van der Waals surface area (Å²) in [7, 11) is 0. The minimum absolute atomic E-state index is 0.268. The normalized spacial score (nSPS) is 12.6. The summed E-state index contributed by atoms with van der Waals surface area (Å²) in [5.74, 6) is 0.738. The fraction of sp³-hybridized carbons (Fsp3) is 0.455. The fourth-order valence-electron chi connectivity index (χ4n) is 1.27. The van der Waals surface area contributed by atoms with Crippen LogP contribution < -0.4 is 10.5 Å². The molecule has 3 nitrogen and oxygen atoms in total. The minimum Gasteiger partial charge on any atom is -0.491 e. The molecule has 0 aliphatic carbocycles. The van der Waals surface area contributed by atoms with Gasteiger partial charge in [0.05, 0.1) is 0 Å². The maximum absolute atomic E-state index is 9.30. The van der Waals surface area contributed by atoms with Gasteiger partial charge in [0.15, 0.2) is 0 Å². The largest absolute Gasteiger partial charge is 0.491 e. The number of rotatable bonds is 4. The molecule has 0 radical (unpaired) electrons. The Morgan fingerprint density at radius 2 is 1.93 bits per heavy atom. The van der Waals surface area contributed by atoms with Gasteiger partial charge in [0.25, 0.3) is 0 Å². The van der Waals surface area contributed by atoms with E-state index in [9.17, 15) is 5.11 Å². The van der Waals surface area contributed by atoms with Crippen LogP contribution in [0.15, 0.2) is 12.1 Å². The first-order chi connectivity index (χ1) is 7.04. The molecule has 1 rings (SSSR count). The molecule has 0 fully saturated rings. The second-order valence-corrected chi connectivity index (χ2v) is 4.00. The predicted octanol–water partition coefficient (Wildman–Crippen LogP) is 0.938. The van der Waals surface area contributed by atoms with Crippen LogP contribution in [0.5, 0.6) is 5.75 Å². The van der Waals surface area contributed by atoms with Crippen LogP contribution in [-0.4, -0.2) is 24.4 Å². The second-order valence-electron chi connectivity index (χ2n) is 3.62. The molecule has 15 heavy (non-hydrogen) atoms. The van der Waals surface area contributed by atoms with Crippen molar-refractivity contribution in [3.8, 4) is 5.75 Å². The number of aryl methyl sites for hydroxylation is 2. The highest BCUT2D eigenvalue weighted by atomic mass is 35.5. The molecule has 1 aromatic carbocycles. The number of benzene rings is 1. The summed E-state index contributed by atoms with van der Waals surface area (Å²) >= 11 is 6.02. The van der Waals surface area contributed by atoms with Gasteiger partial charge in [-0.15, -0.1) is 0 Å². The third-order valence-corrected chi connectivity index (χ3v) is 2.78. The number of aliphatic hydroxyl groups excluding tert-OH is 1. The van der Waals surface area contributed by atoms with Crippen molar-refractivity contribution in [2.45, 2.75) is 20.0 Å². The maximum Gasteiger partial charge on any atom is 0.136 e. The van der Waals surface area contributed by atoms with Gasteiger partial charge < -0.3 is 15.6 Å². The van der Waals surface area contributed by atoms with Crippen molar-refractivity contribution < 1.29 is 15.6 Å². The van der Waals surface area contributed by atoms with Gasteiger partial charge in [-0.3, -0.25) is 0 Å². The van der Waals surface area contributed by atoms with Gasteiger partial charge in [-0.25, -0.2) is 0 Å². The van der Waals surface area contributed by atoms with Crippen molar-refractivity contribution in [2.75, 3.05) is 13.2 Å². The number of halogens is 1. The highest BCUT2D eigenvalue weighted by Crippen LogP contribution is 2.25. The lowest BCUT2D eigenvalue weighted by Crippen LogP contribution is -2.56. The summed E-state index contributed by atoms with van der Waals surface area (Å²) in [5.41, 5.74) is 5.56. The Labute approximate surface area is 94.8 Å². The zero-order valence-electron chi connectivity index (χ0n) is 9.09. The quantitative estimate of drug-likeness (QED) is 0.809. The van der Waals surface area contributed by atoms with Crippen molar-refractivity contribution in [3.05, 3.63) is 28.3 Å². The van der Waals surface area contributed by atoms with E-state index in [1.54, 1.807) is 0 Å². The zero-order chi connectivity index (χ0) is 11.4. The van der Waals surface area contributed by atoms with E-state index in [4.69, 9.17) is 16.3 Å². The zero-order valence-corrected chi connectivity index (χ0v) is 9.84. The van der Waals surface area contributed by atoms with Crippen LogP contribution in [0.25, 0.3) is 0 Å². The Bertz CT molecular complexity index is 318. The Balaban J connectivity index is 2.70. The molecule has 1 aromatic rings. The highest BCUT2D eigenvalue weighted by molar-refractivity contribution is 6.32. The Hall–Kier alpha value is -0.770. The first-order valence-electron chi connectivity index (χ1n) is 4.91. The molecule has 0 aliphatic heterocycles. The Morgan fingerprint density at radius 1 is 1.40 bits per heavy atom. The van der Waals surface area contributed by atoms with Gasteiger partial charge >= 0.3 is 0 Å². The summed E-state index contributed by atoms with van der Waals surface area (Å²) in [6, 6.07) is 3.73. The number of ether oxygens (including phenoxy) is 1. The van der Waals surface area contributed by atoms with E-state index in [1.807, 2.05) is 26.0 Å². The lowest BCUT2D eigenvalue weighted by molar-refractivity contribution is -0.384. The van der Waals surface area contributed by atoms with Gasteiger partial charge in [0, 0.05) is 5.02 Å². The summed E-state index contributed by atoms with van der Waals surface area (Å²) in [6.45, 7) is 4.58. The van der Waals surface area contributed by atoms with E-state index < -0.39 is 6.10 Å². The molecule has 0 amide bonds. The molecule has 4 N–H and O–H groups in total. The standard InChI is InChI=1S/C11H16ClNO2/c1-7-3-10(4-8(2)11(7)12)15-6-9(14)5-13/h3-4,9,14H,5-6,13H2,1-2H3/p+1/t9-/m1/s1. The van der Waals surface area contributed by atoms with E-state index in [2.05, 4.69) is 5.73 Å². The molecule has 1 atom stereocenters. The smallest absolute Gasteiger partial charge is 0.136 e. The van der Waals surface area contributed by atoms with Crippen molar-refractivity contribution in [1.29, 1.82) is 0 Å². The van der Waals surface area contributed by atoms with Crippen LogP contribution in [-0.2, 0) is 0 Å². The molecule has 0 heterocycles. The molecule has 4 heteroatoms. The van der Waals surface area contributed by atoms with E-state index >= 15 is 0 Å². The lowest BCUT2D eigenvalue weighted by atomic mass is 10.1. The second kappa shape index (κ2) is 5.35. The lowest BCUT2D eigenvalue weighted by Gasteiger charge is -2.11. The van der Waals surface area contributed by atoms with Gasteiger partial charge in [-0.2, -0.15) is 0 Å². The Kier molecular flexibility index (Phi) is 4.39. The predicted molar refractivity (Wildman–Crippen MR) is 60.2 cm³/mol. The molecule has 0 spiro atoms. The number of aliphatic hydroxyl groups is 1. The van der Waals surface area contributed by atoms with E-state index in [0.29, 0.717) is 6.54 Å². The van der Waals surface area contributed by atoms with E-state index in [1.165, 1.54) is 0 Å². The molecule has 0 unspecified atom stereocenters. The Morgan fingerprint density at radius 3 is 2.40 bits per heavy atom. The molecular formula is C11H17ClNO2+. The first-order valence-corrected chi connectivity index (χ1v) is 5.29. The molecule has 84 valence electrons. The van der Waals surface area contributed by atoms with Gasteiger partial charge in [0.2, 0.25) is 0 Å². The number of hydrogen-bond donors (Lipinski definition) is 2. The van der Waals surface area contributed by atoms with Gasteiger partial charge in [0.1, 0.15) is 25.0 Å².